The van der Waals surface area contributed by atoms with Crippen LogP contribution in [0.2, 0.25) is 0 Å². The Kier molecular flexibility index (Phi) is 3.77. The van der Waals surface area contributed by atoms with Crippen molar-refractivity contribution < 1.29 is 9.53 Å². The average Bonchev–Trinajstić information content (AvgIpc) is 2.71. The Morgan fingerprint density at radius 1 is 1.33 bits per heavy atom. The minimum atomic E-state index is -0.224. The average molecular weight is 261 g/mol. The molecule has 0 saturated carbocycles. The van der Waals surface area contributed by atoms with Crippen LogP contribution < -0.4 is 0 Å². The van der Waals surface area contributed by atoms with Crippen molar-refractivity contribution in [3.63, 3.8) is 0 Å². The molecule has 0 saturated heterocycles. The van der Waals surface area contributed by atoms with E-state index < -0.39 is 0 Å². The van der Waals surface area contributed by atoms with Crippen molar-refractivity contribution in [2.75, 3.05) is 7.11 Å². The van der Waals surface area contributed by atoms with Crippen LogP contribution in [0.3, 0.4) is 0 Å². The van der Waals surface area contributed by atoms with Gasteiger partial charge in [0.2, 0.25) is 0 Å². The third-order valence-corrected chi connectivity index (χ3v) is 3.99. The van der Waals surface area contributed by atoms with Gasteiger partial charge in [0.25, 0.3) is 0 Å². The Morgan fingerprint density at radius 2 is 2.06 bits per heavy atom. The number of hydrogen-bond donors (Lipinski definition) is 0. The van der Waals surface area contributed by atoms with E-state index in [4.69, 9.17) is 0 Å². The summed E-state index contributed by atoms with van der Waals surface area (Å²) in [5.74, 6) is -0.224. The van der Waals surface area contributed by atoms with Gasteiger partial charge in [0.05, 0.1) is 19.2 Å². The lowest BCUT2D eigenvalue weighted by molar-refractivity contribution is -0.139. The predicted octanol–water partition coefficient (Wildman–Crippen LogP) is 3.14. The number of ether oxygens (including phenoxy) is 1. The van der Waals surface area contributed by atoms with E-state index in [0.717, 1.165) is 21.1 Å². The van der Waals surface area contributed by atoms with E-state index in [1.54, 1.807) is 11.3 Å². The Bertz CT molecular complexity index is 575. The summed E-state index contributed by atoms with van der Waals surface area (Å²) < 4.78 is 4.69. The zero-order valence-electron chi connectivity index (χ0n) is 10.7. The van der Waals surface area contributed by atoms with E-state index in [9.17, 15) is 4.79 Å². The van der Waals surface area contributed by atoms with E-state index in [-0.39, 0.29) is 5.97 Å². The fraction of sp³-hybridized carbons (Fsp3) is 0.286. The molecule has 0 bridgehead atoms. The highest BCUT2D eigenvalue weighted by Crippen LogP contribution is 2.30. The lowest BCUT2D eigenvalue weighted by atomic mass is 10.1. The van der Waals surface area contributed by atoms with Gasteiger partial charge in [-0.15, -0.1) is 11.3 Å². The van der Waals surface area contributed by atoms with Crippen LogP contribution >= 0.6 is 11.3 Å². The molecular formula is C14H15NO2S. The second-order valence-corrected chi connectivity index (χ2v) is 5.18. The van der Waals surface area contributed by atoms with Crippen molar-refractivity contribution in [3.8, 4) is 10.6 Å². The first-order valence-corrected chi connectivity index (χ1v) is 6.52. The minimum Gasteiger partial charge on any atom is -0.469 e. The molecule has 0 atom stereocenters. The van der Waals surface area contributed by atoms with Gasteiger partial charge in [0, 0.05) is 10.4 Å². The Balaban J connectivity index is 2.34. The summed E-state index contributed by atoms with van der Waals surface area (Å²) in [6.45, 7) is 3.99. The summed E-state index contributed by atoms with van der Waals surface area (Å²) >= 11 is 1.56. The maximum atomic E-state index is 11.3. The molecule has 0 N–H and O–H groups in total. The molecule has 1 aromatic carbocycles. The summed E-state index contributed by atoms with van der Waals surface area (Å²) in [7, 11) is 1.40. The molecule has 0 aliphatic heterocycles. The number of esters is 1. The molecule has 0 fully saturated rings. The molecule has 1 heterocycles. The Hall–Kier alpha value is -1.68. The molecule has 4 heteroatoms. The smallest absolute Gasteiger partial charge is 0.310 e. The van der Waals surface area contributed by atoms with E-state index in [1.165, 1.54) is 12.7 Å². The van der Waals surface area contributed by atoms with Crippen molar-refractivity contribution in [2.45, 2.75) is 20.3 Å². The lowest BCUT2D eigenvalue weighted by Crippen LogP contribution is -2.03. The number of carbonyl (C=O) groups is 1. The van der Waals surface area contributed by atoms with Gasteiger partial charge in [-0.2, -0.15) is 0 Å². The first-order valence-electron chi connectivity index (χ1n) is 5.71. The molecule has 0 aliphatic carbocycles. The summed E-state index contributed by atoms with van der Waals surface area (Å²) in [4.78, 5) is 16.8. The Morgan fingerprint density at radius 3 is 2.72 bits per heavy atom. The summed E-state index contributed by atoms with van der Waals surface area (Å²) in [5, 5.41) is 0.963. The second-order valence-electron chi connectivity index (χ2n) is 4.10. The summed E-state index contributed by atoms with van der Waals surface area (Å²) in [6, 6.07) is 8.12. The van der Waals surface area contributed by atoms with Crippen LogP contribution in [0.1, 0.15) is 16.1 Å². The standard InChI is InChI=1S/C14H15NO2S/c1-9-6-4-5-7-11(9)14-15-10(2)12(18-14)8-13(16)17-3/h4-7H,8H2,1-3H3. The highest BCUT2D eigenvalue weighted by atomic mass is 32.1. The van der Waals surface area contributed by atoms with Gasteiger partial charge in [-0.25, -0.2) is 4.98 Å². The number of aryl methyl sites for hydroxylation is 2. The van der Waals surface area contributed by atoms with Gasteiger partial charge in [0.1, 0.15) is 5.01 Å². The maximum absolute atomic E-state index is 11.3. The molecule has 3 nitrogen and oxygen atoms in total. The third kappa shape index (κ3) is 2.59. The van der Waals surface area contributed by atoms with Crippen molar-refractivity contribution in [1.29, 1.82) is 0 Å². The van der Waals surface area contributed by atoms with Crippen LogP contribution in [0.25, 0.3) is 10.6 Å². The van der Waals surface area contributed by atoms with E-state index in [2.05, 4.69) is 28.8 Å². The van der Waals surface area contributed by atoms with Gasteiger partial charge >= 0.3 is 5.97 Å². The molecule has 0 spiro atoms. The van der Waals surface area contributed by atoms with Crippen molar-refractivity contribution in [2.24, 2.45) is 0 Å². The Labute approximate surface area is 110 Å². The summed E-state index contributed by atoms with van der Waals surface area (Å²) in [5.41, 5.74) is 3.22. The third-order valence-electron chi connectivity index (χ3n) is 2.80. The van der Waals surface area contributed by atoms with Gasteiger partial charge in [-0.1, -0.05) is 24.3 Å². The summed E-state index contributed by atoms with van der Waals surface area (Å²) in [6.07, 6.45) is 0.298. The number of rotatable bonds is 3. The molecule has 0 radical (unpaired) electrons. The lowest BCUT2D eigenvalue weighted by Gasteiger charge is -2.00. The van der Waals surface area contributed by atoms with Crippen molar-refractivity contribution in [1.82, 2.24) is 4.98 Å². The minimum absolute atomic E-state index is 0.224. The second kappa shape index (κ2) is 5.31. The number of aromatic nitrogens is 1. The molecule has 94 valence electrons. The van der Waals surface area contributed by atoms with E-state index >= 15 is 0 Å². The molecular weight excluding hydrogens is 246 g/mol. The normalized spacial score (nSPS) is 10.4. The maximum Gasteiger partial charge on any atom is 0.310 e. The van der Waals surface area contributed by atoms with E-state index in [0.29, 0.717) is 6.42 Å². The predicted molar refractivity (Wildman–Crippen MR) is 72.7 cm³/mol. The van der Waals surface area contributed by atoms with Crippen LogP contribution in [0, 0.1) is 13.8 Å². The van der Waals surface area contributed by atoms with Crippen molar-refractivity contribution in [3.05, 3.63) is 40.4 Å². The van der Waals surface area contributed by atoms with Crippen molar-refractivity contribution >= 4 is 17.3 Å². The zero-order chi connectivity index (χ0) is 13.1. The molecule has 0 amide bonds. The number of methoxy groups -OCH3 is 1. The van der Waals surface area contributed by atoms with Gasteiger partial charge in [-0.05, 0) is 19.4 Å². The molecule has 2 rings (SSSR count). The van der Waals surface area contributed by atoms with Crippen LogP contribution in [-0.4, -0.2) is 18.1 Å². The SMILES string of the molecule is COC(=O)Cc1sc(-c2ccccc2C)nc1C. The number of carbonyl (C=O) groups excluding carboxylic acids is 1. The van der Waals surface area contributed by atoms with Crippen LogP contribution in [0.5, 0.6) is 0 Å². The van der Waals surface area contributed by atoms with Crippen LogP contribution in [0.4, 0.5) is 0 Å². The fourth-order valence-corrected chi connectivity index (χ4v) is 2.86. The van der Waals surface area contributed by atoms with Gasteiger partial charge < -0.3 is 4.74 Å². The highest BCUT2D eigenvalue weighted by Gasteiger charge is 2.13. The van der Waals surface area contributed by atoms with Crippen LogP contribution in [0.15, 0.2) is 24.3 Å². The largest absolute Gasteiger partial charge is 0.469 e. The molecule has 0 aliphatic rings. The first-order chi connectivity index (χ1) is 8.61. The van der Waals surface area contributed by atoms with Gasteiger partial charge in [0.15, 0.2) is 0 Å². The number of thiazole rings is 1. The molecule has 18 heavy (non-hydrogen) atoms. The highest BCUT2D eigenvalue weighted by molar-refractivity contribution is 7.15. The molecule has 1 aromatic heterocycles. The first kappa shape index (κ1) is 12.8. The monoisotopic (exact) mass is 261 g/mol. The quantitative estimate of drug-likeness (QED) is 0.797. The number of hydrogen-bond acceptors (Lipinski definition) is 4. The number of nitrogens with zero attached hydrogens (tertiary/aromatic N) is 1. The topological polar surface area (TPSA) is 39.2 Å². The fourth-order valence-electron chi connectivity index (χ4n) is 1.72. The number of benzene rings is 1. The van der Waals surface area contributed by atoms with E-state index in [1.807, 2.05) is 19.1 Å². The van der Waals surface area contributed by atoms with Gasteiger partial charge in [-0.3, -0.25) is 4.79 Å². The molecule has 0 unspecified atom stereocenters. The zero-order valence-corrected chi connectivity index (χ0v) is 11.5. The molecule has 2 aromatic rings. The van der Waals surface area contributed by atoms with Crippen LogP contribution in [-0.2, 0) is 16.0 Å².